The summed E-state index contributed by atoms with van der Waals surface area (Å²) < 4.78 is 33.2. The SMILES string of the molecule is COc1nc(NS(=O)(=O)c2ccccc2Cl)ccc1CCc1cnc(N[C@H]2CC[C@H](N)CC2)nc1. The van der Waals surface area contributed by atoms with Gasteiger partial charge < -0.3 is 15.8 Å². The average Bonchev–Trinajstić information content (AvgIpc) is 2.85. The van der Waals surface area contributed by atoms with Crippen LogP contribution in [-0.4, -0.2) is 42.6 Å². The lowest BCUT2D eigenvalue weighted by atomic mass is 9.92. The normalized spacial score (nSPS) is 18.1. The molecule has 0 aliphatic heterocycles. The molecule has 35 heavy (non-hydrogen) atoms. The summed E-state index contributed by atoms with van der Waals surface area (Å²) in [5.74, 6) is 1.12. The first-order valence-electron chi connectivity index (χ1n) is 11.5. The second-order valence-corrected chi connectivity index (χ2v) is 10.6. The van der Waals surface area contributed by atoms with Crippen LogP contribution in [0.3, 0.4) is 0 Å². The summed E-state index contributed by atoms with van der Waals surface area (Å²) >= 11 is 6.04. The average molecular weight is 517 g/mol. The fourth-order valence-electron chi connectivity index (χ4n) is 4.03. The highest BCUT2D eigenvalue weighted by atomic mass is 35.5. The molecule has 0 amide bonds. The van der Waals surface area contributed by atoms with Crippen LogP contribution in [0.25, 0.3) is 0 Å². The molecular formula is C24H29ClN6O3S. The summed E-state index contributed by atoms with van der Waals surface area (Å²) in [6.07, 6.45) is 9.04. The van der Waals surface area contributed by atoms with E-state index in [1.54, 1.807) is 24.3 Å². The molecule has 0 bridgehead atoms. The standard InChI is InChI=1S/C24H29ClN6O3S/c1-34-23-17(8-13-22(30-23)31-35(32,33)21-5-3-2-4-20(21)25)7-6-16-14-27-24(28-15-16)29-19-11-9-18(26)10-12-19/h2-5,8,13-15,18-19H,6-7,9-12,26H2,1H3,(H,30,31)(H,27,28,29)/t18-,19-. The van der Waals surface area contributed by atoms with Crippen LogP contribution in [0.15, 0.2) is 53.7 Å². The molecule has 9 nitrogen and oxygen atoms in total. The van der Waals surface area contributed by atoms with E-state index >= 15 is 0 Å². The van der Waals surface area contributed by atoms with Gasteiger partial charge >= 0.3 is 0 Å². The Morgan fingerprint density at radius 1 is 1.06 bits per heavy atom. The number of methoxy groups -OCH3 is 1. The first-order valence-corrected chi connectivity index (χ1v) is 13.3. The van der Waals surface area contributed by atoms with Crippen molar-refractivity contribution in [2.45, 2.75) is 55.5 Å². The summed E-state index contributed by atoms with van der Waals surface area (Å²) in [5.41, 5.74) is 7.79. The summed E-state index contributed by atoms with van der Waals surface area (Å²) in [6.45, 7) is 0. The van der Waals surface area contributed by atoms with Crippen molar-refractivity contribution in [2.75, 3.05) is 17.1 Å². The third-order valence-electron chi connectivity index (χ3n) is 5.99. The highest BCUT2D eigenvalue weighted by Crippen LogP contribution is 2.25. The molecule has 1 aliphatic rings. The number of hydrogen-bond acceptors (Lipinski definition) is 8. The Bertz CT molecular complexity index is 1250. The molecule has 11 heteroatoms. The summed E-state index contributed by atoms with van der Waals surface area (Å²) in [4.78, 5) is 13.2. The van der Waals surface area contributed by atoms with E-state index in [0.29, 0.717) is 36.8 Å². The number of hydrogen-bond donors (Lipinski definition) is 3. The molecule has 0 atom stereocenters. The van der Waals surface area contributed by atoms with Gasteiger partial charge in [-0.05, 0) is 68.4 Å². The molecule has 1 aliphatic carbocycles. The van der Waals surface area contributed by atoms with Crippen LogP contribution in [-0.2, 0) is 22.9 Å². The maximum atomic E-state index is 12.7. The number of nitrogens with two attached hydrogens (primary N) is 1. The van der Waals surface area contributed by atoms with E-state index in [1.165, 1.54) is 19.2 Å². The monoisotopic (exact) mass is 516 g/mol. The third kappa shape index (κ3) is 6.59. The quantitative estimate of drug-likeness (QED) is 0.391. The molecule has 2 aromatic heterocycles. The van der Waals surface area contributed by atoms with Crippen LogP contribution in [0.2, 0.25) is 5.02 Å². The lowest BCUT2D eigenvalue weighted by Gasteiger charge is -2.26. The number of nitrogens with one attached hydrogen (secondary N) is 2. The maximum Gasteiger partial charge on any atom is 0.264 e. The minimum absolute atomic E-state index is 0.0171. The first kappa shape index (κ1) is 25.2. The Balaban J connectivity index is 1.37. The van der Waals surface area contributed by atoms with Crippen LogP contribution in [0.4, 0.5) is 11.8 Å². The Hall–Kier alpha value is -2.95. The van der Waals surface area contributed by atoms with Crippen molar-refractivity contribution >= 4 is 33.4 Å². The summed E-state index contributed by atoms with van der Waals surface area (Å²) in [6, 6.07) is 10.3. The molecule has 4 rings (SSSR count). The maximum absolute atomic E-state index is 12.7. The molecule has 4 N–H and O–H groups in total. The second kappa shape index (κ2) is 11.2. The van der Waals surface area contributed by atoms with E-state index < -0.39 is 10.0 Å². The number of benzene rings is 1. The fourth-order valence-corrected chi connectivity index (χ4v) is 5.55. The van der Waals surface area contributed by atoms with Crippen LogP contribution in [0, 0.1) is 0 Å². The van der Waals surface area contributed by atoms with Crippen LogP contribution >= 0.6 is 11.6 Å². The Labute approximate surface area is 210 Å². The van der Waals surface area contributed by atoms with Gasteiger partial charge in [-0.1, -0.05) is 23.7 Å². The van der Waals surface area contributed by atoms with Gasteiger partial charge in [-0.15, -0.1) is 0 Å². The van der Waals surface area contributed by atoms with Crippen molar-refractivity contribution in [3.05, 3.63) is 64.9 Å². The van der Waals surface area contributed by atoms with Gasteiger partial charge in [-0.2, -0.15) is 4.98 Å². The molecule has 0 spiro atoms. The molecule has 1 aromatic carbocycles. The predicted octanol–water partition coefficient (Wildman–Crippen LogP) is 3.80. The fraction of sp³-hybridized carbons (Fsp3) is 0.375. The summed E-state index contributed by atoms with van der Waals surface area (Å²) in [5, 5.41) is 3.52. The third-order valence-corrected chi connectivity index (χ3v) is 7.85. The van der Waals surface area contributed by atoms with Gasteiger partial charge in [0.15, 0.2) is 0 Å². The minimum Gasteiger partial charge on any atom is -0.481 e. The van der Waals surface area contributed by atoms with E-state index in [4.69, 9.17) is 22.1 Å². The number of anilines is 2. The summed E-state index contributed by atoms with van der Waals surface area (Å²) in [7, 11) is -2.38. The molecule has 1 saturated carbocycles. The van der Waals surface area contributed by atoms with Crippen molar-refractivity contribution in [1.29, 1.82) is 0 Å². The molecule has 0 unspecified atom stereocenters. The van der Waals surface area contributed by atoms with Crippen molar-refractivity contribution in [1.82, 2.24) is 15.0 Å². The largest absolute Gasteiger partial charge is 0.481 e. The van der Waals surface area contributed by atoms with Gasteiger partial charge in [0, 0.05) is 30.0 Å². The van der Waals surface area contributed by atoms with Crippen LogP contribution in [0.5, 0.6) is 5.88 Å². The first-order chi connectivity index (χ1) is 16.8. The molecule has 1 fully saturated rings. The lowest BCUT2D eigenvalue weighted by Crippen LogP contribution is -2.33. The van der Waals surface area contributed by atoms with E-state index in [9.17, 15) is 8.42 Å². The molecular weight excluding hydrogens is 488 g/mol. The topological polar surface area (TPSA) is 132 Å². The van der Waals surface area contributed by atoms with E-state index in [1.807, 2.05) is 12.4 Å². The smallest absolute Gasteiger partial charge is 0.264 e. The molecule has 186 valence electrons. The number of ether oxygens (including phenoxy) is 1. The number of rotatable bonds is 9. The van der Waals surface area contributed by atoms with Crippen molar-refractivity contribution in [2.24, 2.45) is 5.73 Å². The molecule has 2 heterocycles. The van der Waals surface area contributed by atoms with Crippen LogP contribution < -0.4 is 20.5 Å². The van der Waals surface area contributed by atoms with Crippen molar-refractivity contribution < 1.29 is 13.2 Å². The van der Waals surface area contributed by atoms with E-state index in [-0.39, 0.29) is 15.7 Å². The van der Waals surface area contributed by atoms with Gasteiger partial charge in [0.25, 0.3) is 10.0 Å². The second-order valence-electron chi connectivity index (χ2n) is 8.57. The highest BCUT2D eigenvalue weighted by molar-refractivity contribution is 7.92. The Kier molecular flexibility index (Phi) is 8.04. The van der Waals surface area contributed by atoms with Crippen molar-refractivity contribution in [3.8, 4) is 5.88 Å². The molecule has 0 saturated heterocycles. The van der Waals surface area contributed by atoms with Crippen LogP contribution in [0.1, 0.15) is 36.8 Å². The lowest BCUT2D eigenvalue weighted by molar-refractivity contribution is 0.393. The zero-order valence-electron chi connectivity index (χ0n) is 19.4. The zero-order chi connectivity index (χ0) is 24.8. The molecule has 0 radical (unpaired) electrons. The number of pyridine rings is 1. The van der Waals surface area contributed by atoms with Gasteiger partial charge in [0.1, 0.15) is 10.7 Å². The predicted molar refractivity (Wildman–Crippen MR) is 136 cm³/mol. The minimum atomic E-state index is -3.88. The van der Waals surface area contributed by atoms with E-state index in [2.05, 4.69) is 25.0 Å². The van der Waals surface area contributed by atoms with Crippen molar-refractivity contribution in [3.63, 3.8) is 0 Å². The van der Waals surface area contributed by atoms with E-state index in [0.717, 1.165) is 36.8 Å². The number of aromatic nitrogens is 3. The zero-order valence-corrected chi connectivity index (χ0v) is 21.0. The van der Waals surface area contributed by atoms with Gasteiger partial charge in [0.2, 0.25) is 11.8 Å². The Morgan fingerprint density at radius 3 is 2.46 bits per heavy atom. The number of sulfonamides is 1. The highest BCUT2D eigenvalue weighted by Gasteiger charge is 2.20. The van der Waals surface area contributed by atoms with Gasteiger partial charge in [0.05, 0.1) is 12.1 Å². The number of nitrogens with zero attached hydrogens (tertiary/aromatic N) is 3. The number of halogens is 1. The van der Waals surface area contributed by atoms with Gasteiger partial charge in [-0.25, -0.2) is 18.4 Å². The van der Waals surface area contributed by atoms with Gasteiger partial charge in [-0.3, -0.25) is 4.72 Å². The Morgan fingerprint density at radius 2 is 1.77 bits per heavy atom. The number of aryl methyl sites for hydroxylation is 2. The molecule has 3 aromatic rings.